The first-order valence-electron chi connectivity index (χ1n) is 11.6. The Morgan fingerprint density at radius 1 is 1.26 bits per heavy atom. The number of amides is 1. The lowest BCUT2D eigenvalue weighted by atomic mass is 9.89. The van der Waals surface area contributed by atoms with Crippen molar-refractivity contribution >= 4 is 46.1 Å². The Kier molecular flexibility index (Phi) is 6.73. The summed E-state index contributed by atoms with van der Waals surface area (Å²) in [7, 11) is 2.14. The third kappa shape index (κ3) is 5.17. The fourth-order valence-electron chi connectivity index (χ4n) is 4.78. The van der Waals surface area contributed by atoms with E-state index in [1.54, 1.807) is 18.2 Å². The molecule has 0 saturated carbocycles. The minimum Gasteiger partial charge on any atom is -0.489 e. The average Bonchev–Trinajstić information content (AvgIpc) is 3.25. The first-order valence-corrected chi connectivity index (χ1v) is 12.0. The summed E-state index contributed by atoms with van der Waals surface area (Å²) in [6.45, 7) is 2.48. The minimum absolute atomic E-state index is 0.00326. The third-order valence-electron chi connectivity index (χ3n) is 6.80. The van der Waals surface area contributed by atoms with E-state index in [0.717, 1.165) is 38.8 Å². The van der Waals surface area contributed by atoms with Gasteiger partial charge in [0, 0.05) is 30.2 Å². The SMILES string of the molecule is CN1CCC2(CCC(COc3cc4ncnc(Nc5ccc(F)c(Cl)c5)c4cc3NC=O)O2)CC1. The van der Waals surface area contributed by atoms with Crippen LogP contribution in [0.25, 0.3) is 10.9 Å². The number of fused-ring (bicyclic) bond motifs is 1. The maximum absolute atomic E-state index is 13.5. The topological polar surface area (TPSA) is 88.6 Å². The lowest BCUT2D eigenvalue weighted by Crippen LogP contribution is -2.43. The van der Waals surface area contributed by atoms with Crippen molar-refractivity contribution in [1.29, 1.82) is 0 Å². The molecule has 2 saturated heterocycles. The number of hydrogen-bond donors (Lipinski definition) is 2. The number of anilines is 3. The molecule has 2 aliphatic rings. The highest BCUT2D eigenvalue weighted by molar-refractivity contribution is 6.31. The molecule has 2 aromatic carbocycles. The first kappa shape index (κ1) is 23.7. The molecule has 5 rings (SSSR count). The highest BCUT2D eigenvalue weighted by atomic mass is 35.5. The van der Waals surface area contributed by atoms with Crippen molar-refractivity contribution in [2.24, 2.45) is 0 Å². The van der Waals surface area contributed by atoms with Crippen molar-refractivity contribution in [2.45, 2.75) is 37.4 Å². The molecule has 3 heterocycles. The van der Waals surface area contributed by atoms with Crippen LogP contribution >= 0.6 is 11.6 Å². The van der Waals surface area contributed by atoms with Crippen molar-refractivity contribution in [2.75, 3.05) is 37.4 Å². The number of nitrogens with zero attached hydrogens (tertiary/aromatic N) is 3. The Morgan fingerprint density at radius 3 is 2.86 bits per heavy atom. The highest BCUT2D eigenvalue weighted by Gasteiger charge is 2.42. The fourth-order valence-corrected chi connectivity index (χ4v) is 4.96. The van der Waals surface area contributed by atoms with Crippen molar-refractivity contribution < 1.29 is 18.7 Å². The number of hydrogen-bond acceptors (Lipinski definition) is 7. The maximum atomic E-state index is 13.5. The summed E-state index contributed by atoms with van der Waals surface area (Å²) < 4.78 is 26.1. The van der Waals surface area contributed by atoms with Gasteiger partial charge in [0.25, 0.3) is 0 Å². The lowest BCUT2D eigenvalue weighted by molar-refractivity contribution is -0.105. The first-order chi connectivity index (χ1) is 16.9. The number of nitrogens with one attached hydrogen (secondary N) is 2. The van der Waals surface area contributed by atoms with Crippen LogP contribution in [0.4, 0.5) is 21.6 Å². The molecule has 0 radical (unpaired) electrons. The van der Waals surface area contributed by atoms with Gasteiger partial charge in [-0.3, -0.25) is 4.79 Å². The molecule has 1 spiro atoms. The smallest absolute Gasteiger partial charge is 0.211 e. The van der Waals surface area contributed by atoms with Crippen molar-refractivity contribution in [3.63, 3.8) is 0 Å². The van der Waals surface area contributed by atoms with Gasteiger partial charge in [0.2, 0.25) is 6.41 Å². The molecule has 1 unspecified atom stereocenters. The summed E-state index contributed by atoms with van der Waals surface area (Å²) in [4.78, 5) is 22.3. The fraction of sp³-hybridized carbons (Fsp3) is 0.400. The second-order valence-corrected chi connectivity index (χ2v) is 9.59. The second kappa shape index (κ2) is 9.93. The van der Waals surface area contributed by atoms with E-state index < -0.39 is 5.82 Å². The summed E-state index contributed by atoms with van der Waals surface area (Å²) in [6, 6.07) is 7.84. The number of carbonyl (C=O) groups is 1. The zero-order valence-electron chi connectivity index (χ0n) is 19.4. The number of aromatic nitrogens is 2. The van der Waals surface area contributed by atoms with Crippen LogP contribution in [0.2, 0.25) is 5.02 Å². The number of halogens is 2. The van der Waals surface area contributed by atoms with Gasteiger partial charge in [0.05, 0.1) is 27.9 Å². The summed E-state index contributed by atoms with van der Waals surface area (Å²) >= 11 is 5.90. The van der Waals surface area contributed by atoms with Gasteiger partial charge in [0.1, 0.15) is 30.3 Å². The molecule has 10 heteroatoms. The number of benzene rings is 2. The van der Waals surface area contributed by atoms with E-state index in [1.165, 1.54) is 18.5 Å². The van der Waals surface area contributed by atoms with Gasteiger partial charge < -0.3 is 25.0 Å². The molecule has 3 aromatic rings. The van der Waals surface area contributed by atoms with E-state index in [0.29, 0.717) is 46.9 Å². The van der Waals surface area contributed by atoms with Gasteiger partial charge in [-0.15, -0.1) is 0 Å². The van der Waals surface area contributed by atoms with Crippen LogP contribution < -0.4 is 15.4 Å². The summed E-state index contributed by atoms with van der Waals surface area (Å²) in [5.41, 5.74) is 1.66. The minimum atomic E-state index is -0.503. The van der Waals surface area contributed by atoms with E-state index in [1.807, 2.05) is 0 Å². The largest absolute Gasteiger partial charge is 0.489 e. The molecule has 0 aliphatic carbocycles. The van der Waals surface area contributed by atoms with Crippen LogP contribution in [0.5, 0.6) is 5.75 Å². The molecule has 8 nitrogen and oxygen atoms in total. The van der Waals surface area contributed by atoms with E-state index in [4.69, 9.17) is 21.1 Å². The number of carbonyl (C=O) groups excluding carboxylic acids is 1. The molecule has 1 atom stereocenters. The predicted octanol–water partition coefficient (Wildman–Crippen LogP) is 4.76. The van der Waals surface area contributed by atoms with Crippen LogP contribution in [-0.2, 0) is 9.53 Å². The Morgan fingerprint density at radius 2 is 2.09 bits per heavy atom. The van der Waals surface area contributed by atoms with Crippen LogP contribution in [-0.4, -0.2) is 59.7 Å². The number of ether oxygens (including phenoxy) is 2. The Balaban J connectivity index is 1.34. The van der Waals surface area contributed by atoms with E-state index in [-0.39, 0.29) is 16.7 Å². The molecular weight excluding hydrogens is 473 g/mol. The molecular formula is C25H27ClFN5O3. The predicted molar refractivity (Wildman–Crippen MR) is 133 cm³/mol. The number of likely N-dealkylation sites (tertiary alicyclic amines) is 1. The van der Waals surface area contributed by atoms with Gasteiger partial charge >= 0.3 is 0 Å². The van der Waals surface area contributed by atoms with E-state index in [9.17, 15) is 9.18 Å². The second-order valence-electron chi connectivity index (χ2n) is 9.18. The average molecular weight is 500 g/mol. The standard InChI is InChI=1S/C25H27ClFN5O3/c1-32-8-6-25(7-9-32)5-4-17(35-25)13-34-23-12-21-18(11-22(23)30-15-33)24(29-14-28-21)31-16-2-3-20(27)19(26)10-16/h2-3,10-12,14-15,17H,4-9,13H2,1H3,(H,30,33)(H,28,29,31). The summed E-state index contributed by atoms with van der Waals surface area (Å²) in [6.07, 6.45) is 6.11. The number of piperidine rings is 1. The van der Waals surface area contributed by atoms with Gasteiger partial charge in [0.15, 0.2) is 0 Å². The zero-order valence-corrected chi connectivity index (χ0v) is 20.1. The normalized spacial score (nSPS) is 19.7. The highest BCUT2D eigenvalue weighted by Crippen LogP contribution is 2.39. The van der Waals surface area contributed by atoms with Crippen molar-refractivity contribution in [1.82, 2.24) is 14.9 Å². The van der Waals surface area contributed by atoms with Crippen LogP contribution in [0.3, 0.4) is 0 Å². The Labute approximate surface area is 207 Å². The third-order valence-corrected chi connectivity index (χ3v) is 7.08. The molecule has 0 bridgehead atoms. The van der Waals surface area contributed by atoms with E-state index in [2.05, 4.69) is 32.5 Å². The monoisotopic (exact) mass is 499 g/mol. The van der Waals surface area contributed by atoms with Gasteiger partial charge in [-0.05, 0) is 57.0 Å². The molecule has 2 aliphatic heterocycles. The lowest BCUT2D eigenvalue weighted by Gasteiger charge is -2.37. The molecule has 1 aromatic heterocycles. The quantitative estimate of drug-likeness (QED) is 0.453. The number of rotatable bonds is 7. The molecule has 2 N–H and O–H groups in total. The molecule has 2 fully saturated rings. The summed E-state index contributed by atoms with van der Waals surface area (Å²) in [5.74, 6) is 0.491. The van der Waals surface area contributed by atoms with Crippen LogP contribution in [0.1, 0.15) is 25.7 Å². The van der Waals surface area contributed by atoms with Crippen LogP contribution in [0.15, 0.2) is 36.7 Å². The summed E-state index contributed by atoms with van der Waals surface area (Å²) in [5, 5.41) is 6.50. The Bertz CT molecular complexity index is 1240. The van der Waals surface area contributed by atoms with Gasteiger partial charge in [-0.25, -0.2) is 14.4 Å². The molecule has 1 amide bonds. The van der Waals surface area contributed by atoms with Gasteiger partial charge in [-0.2, -0.15) is 0 Å². The van der Waals surface area contributed by atoms with Crippen molar-refractivity contribution in [3.8, 4) is 5.75 Å². The molecule has 184 valence electrons. The van der Waals surface area contributed by atoms with E-state index >= 15 is 0 Å². The van der Waals surface area contributed by atoms with Crippen molar-refractivity contribution in [3.05, 3.63) is 47.5 Å². The van der Waals surface area contributed by atoms with Crippen LogP contribution in [0, 0.1) is 5.82 Å². The molecule has 35 heavy (non-hydrogen) atoms. The van der Waals surface area contributed by atoms with Gasteiger partial charge in [-0.1, -0.05) is 11.6 Å². The Hall–Kier alpha value is -3.01. The maximum Gasteiger partial charge on any atom is 0.211 e. The zero-order chi connectivity index (χ0) is 24.4.